The van der Waals surface area contributed by atoms with Gasteiger partial charge in [-0.2, -0.15) is 0 Å². The molecule has 3 aliphatic rings. The molecule has 0 fully saturated rings. The summed E-state index contributed by atoms with van der Waals surface area (Å²) in [5.41, 5.74) is 8.98. The highest BCUT2D eigenvalue weighted by Gasteiger charge is 2.66. The van der Waals surface area contributed by atoms with Crippen LogP contribution in [0.1, 0.15) is 90.7 Å². The van der Waals surface area contributed by atoms with Gasteiger partial charge >= 0.3 is 0 Å². The maximum Gasteiger partial charge on any atom is 0.283 e. The first-order chi connectivity index (χ1) is 14.3. The van der Waals surface area contributed by atoms with E-state index < -0.39 is 5.54 Å². The van der Waals surface area contributed by atoms with Gasteiger partial charge < -0.3 is 15.2 Å². The highest BCUT2D eigenvalue weighted by molar-refractivity contribution is 5.76. The molecule has 4 rings (SSSR count). The van der Waals surface area contributed by atoms with Gasteiger partial charge in [-0.3, -0.25) is 0 Å². The van der Waals surface area contributed by atoms with E-state index in [-0.39, 0.29) is 11.0 Å². The van der Waals surface area contributed by atoms with Crippen LogP contribution in [0.15, 0.2) is 29.3 Å². The highest BCUT2D eigenvalue weighted by Crippen LogP contribution is 2.62. The fourth-order valence-electron chi connectivity index (χ4n) is 6.44. The number of allylic oxidation sites excluding steroid dienone is 2. The van der Waals surface area contributed by atoms with Crippen molar-refractivity contribution in [1.29, 1.82) is 0 Å². The van der Waals surface area contributed by atoms with Gasteiger partial charge in [0, 0.05) is 11.0 Å². The normalized spacial score (nSPS) is 32.1. The molecule has 0 radical (unpaired) electrons. The van der Waals surface area contributed by atoms with Gasteiger partial charge in [-0.15, -0.1) is 0 Å². The Balaban J connectivity index is 1.88. The number of nitrogens with zero attached hydrogens (tertiary/aromatic N) is 1. The number of nitrogens with two attached hydrogens (primary N) is 1. The Morgan fingerprint density at radius 3 is 2.57 bits per heavy atom. The molecule has 30 heavy (non-hydrogen) atoms. The van der Waals surface area contributed by atoms with Gasteiger partial charge in [0.05, 0.1) is 0 Å². The van der Waals surface area contributed by atoms with Gasteiger partial charge in [0.15, 0.2) is 0 Å². The SMILES string of the molecule is CCCC1(CC)C(C)(C)Oc2ccc(C3=CCC(CC)CC3)cc2C12COC(N)=N2. The van der Waals surface area contributed by atoms with Crippen LogP contribution in [-0.2, 0) is 10.3 Å². The smallest absolute Gasteiger partial charge is 0.283 e. The van der Waals surface area contributed by atoms with Gasteiger partial charge in [0.2, 0.25) is 0 Å². The topological polar surface area (TPSA) is 56.8 Å². The van der Waals surface area contributed by atoms with Crippen LogP contribution < -0.4 is 10.5 Å². The zero-order chi connectivity index (χ0) is 21.6. The molecule has 164 valence electrons. The van der Waals surface area contributed by atoms with Crippen molar-refractivity contribution in [1.82, 2.24) is 0 Å². The fraction of sp³-hybridized carbons (Fsp3) is 0.654. The van der Waals surface area contributed by atoms with E-state index in [0.29, 0.717) is 12.6 Å². The van der Waals surface area contributed by atoms with Crippen molar-refractivity contribution in [3.63, 3.8) is 0 Å². The van der Waals surface area contributed by atoms with E-state index in [1.807, 2.05) is 0 Å². The number of aliphatic imine (C=N–C) groups is 1. The number of ether oxygens (including phenoxy) is 2. The molecule has 0 bridgehead atoms. The molecule has 4 nitrogen and oxygen atoms in total. The molecule has 0 amide bonds. The first-order valence-electron chi connectivity index (χ1n) is 11.8. The Labute approximate surface area is 181 Å². The van der Waals surface area contributed by atoms with Gasteiger partial charge in [-0.05, 0) is 75.1 Å². The van der Waals surface area contributed by atoms with Crippen LogP contribution in [0.25, 0.3) is 5.57 Å². The van der Waals surface area contributed by atoms with Gasteiger partial charge in [-0.1, -0.05) is 45.8 Å². The Kier molecular flexibility index (Phi) is 5.40. The van der Waals surface area contributed by atoms with Crippen LogP contribution in [0.2, 0.25) is 0 Å². The molecule has 0 saturated heterocycles. The Morgan fingerprint density at radius 1 is 1.20 bits per heavy atom. The molecule has 0 aromatic heterocycles. The van der Waals surface area contributed by atoms with E-state index >= 15 is 0 Å². The maximum absolute atomic E-state index is 6.69. The number of hydrogen-bond acceptors (Lipinski definition) is 4. The van der Waals surface area contributed by atoms with Gasteiger partial charge in [-0.25, -0.2) is 4.99 Å². The van der Waals surface area contributed by atoms with E-state index in [2.05, 4.69) is 58.9 Å². The average Bonchev–Trinajstić information content (AvgIpc) is 3.13. The molecule has 0 saturated carbocycles. The predicted molar refractivity (Wildman–Crippen MR) is 124 cm³/mol. The molecule has 2 heterocycles. The zero-order valence-corrected chi connectivity index (χ0v) is 19.4. The molecule has 4 heteroatoms. The number of fused-ring (bicyclic) bond motifs is 2. The first-order valence-corrected chi connectivity index (χ1v) is 11.8. The minimum absolute atomic E-state index is 0.185. The lowest BCUT2D eigenvalue weighted by Crippen LogP contribution is -2.62. The molecule has 2 N–H and O–H groups in total. The minimum atomic E-state index is -0.504. The molecular weight excluding hydrogens is 372 g/mol. The second-order valence-electron chi connectivity index (χ2n) is 9.89. The average molecular weight is 411 g/mol. The lowest BCUT2D eigenvalue weighted by Gasteiger charge is -2.58. The molecule has 1 aromatic carbocycles. The van der Waals surface area contributed by atoms with Crippen molar-refractivity contribution in [3.8, 4) is 5.75 Å². The molecule has 3 atom stereocenters. The Morgan fingerprint density at radius 2 is 2.00 bits per heavy atom. The third-order valence-electron chi connectivity index (χ3n) is 8.21. The summed E-state index contributed by atoms with van der Waals surface area (Å²) in [6.07, 6.45) is 10.4. The van der Waals surface area contributed by atoms with Crippen molar-refractivity contribution in [2.24, 2.45) is 22.1 Å². The standard InChI is InChI=1S/C26H38N2O2/c1-6-15-25(8-3)24(4,5)30-22-14-13-20(19-11-9-18(7-2)10-12-19)16-21(22)26(25)17-29-23(27)28-26/h11,13-14,16,18H,6-10,12,15,17H2,1-5H3,(H2,27,28). The lowest BCUT2D eigenvalue weighted by molar-refractivity contribution is -0.119. The third kappa shape index (κ3) is 2.98. The molecule has 3 unspecified atom stereocenters. The summed E-state index contributed by atoms with van der Waals surface area (Å²) in [5, 5.41) is 0. The van der Waals surface area contributed by atoms with Crippen LogP contribution in [0, 0.1) is 11.3 Å². The third-order valence-corrected chi connectivity index (χ3v) is 8.21. The maximum atomic E-state index is 6.69. The second kappa shape index (κ2) is 7.62. The summed E-state index contributed by atoms with van der Waals surface area (Å²) in [4.78, 5) is 5.04. The minimum Gasteiger partial charge on any atom is -0.487 e. The summed E-state index contributed by atoms with van der Waals surface area (Å²) in [5.74, 6) is 1.75. The number of rotatable bonds is 5. The van der Waals surface area contributed by atoms with Crippen LogP contribution >= 0.6 is 0 Å². The number of amidine groups is 1. The van der Waals surface area contributed by atoms with E-state index in [9.17, 15) is 0 Å². The monoisotopic (exact) mass is 410 g/mol. The van der Waals surface area contributed by atoms with Crippen molar-refractivity contribution in [2.45, 2.75) is 90.7 Å². The van der Waals surface area contributed by atoms with E-state index in [1.165, 1.54) is 30.4 Å². The van der Waals surface area contributed by atoms with E-state index in [0.717, 1.165) is 42.9 Å². The summed E-state index contributed by atoms with van der Waals surface area (Å²) in [6.45, 7) is 11.7. The van der Waals surface area contributed by atoms with E-state index in [1.54, 1.807) is 0 Å². The summed E-state index contributed by atoms with van der Waals surface area (Å²) in [7, 11) is 0. The van der Waals surface area contributed by atoms with Gasteiger partial charge in [0.25, 0.3) is 6.02 Å². The summed E-state index contributed by atoms with van der Waals surface area (Å²) < 4.78 is 12.6. The largest absolute Gasteiger partial charge is 0.487 e. The highest BCUT2D eigenvalue weighted by atomic mass is 16.5. The van der Waals surface area contributed by atoms with E-state index in [4.69, 9.17) is 20.2 Å². The number of benzene rings is 1. The molecular formula is C26H38N2O2. The Bertz CT molecular complexity index is 872. The molecule has 1 aliphatic carbocycles. The van der Waals surface area contributed by atoms with Crippen molar-refractivity contribution >= 4 is 11.6 Å². The summed E-state index contributed by atoms with van der Waals surface area (Å²) in [6, 6.07) is 7.01. The zero-order valence-electron chi connectivity index (χ0n) is 19.4. The van der Waals surface area contributed by atoms with Crippen molar-refractivity contribution in [3.05, 3.63) is 35.4 Å². The van der Waals surface area contributed by atoms with Gasteiger partial charge in [0.1, 0.15) is 23.5 Å². The quantitative estimate of drug-likeness (QED) is 0.630. The number of hydrogen-bond donors (Lipinski definition) is 1. The first kappa shape index (κ1) is 21.3. The van der Waals surface area contributed by atoms with Crippen LogP contribution in [0.4, 0.5) is 0 Å². The second-order valence-corrected chi connectivity index (χ2v) is 9.89. The van der Waals surface area contributed by atoms with Crippen molar-refractivity contribution < 1.29 is 9.47 Å². The lowest BCUT2D eigenvalue weighted by atomic mass is 9.53. The van der Waals surface area contributed by atoms with Crippen LogP contribution in [-0.4, -0.2) is 18.2 Å². The van der Waals surface area contributed by atoms with Crippen molar-refractivity contribution in [2.75, 3.05) is 6.61 Å². The fourth-order valence-corrected chi connectivity index (χ4v) is 6.44. The molecule has 1 aromatic rings. The summed E-state index contributed by atoms with van der Waals surface area (Å²) >= 11 is 0. The predicted octanol–water partition coefficient (Wildman–Crippen LogP) is 6.19. The molecule has 2 aliphatic heterocycles. The van der Waals surface area contributed by atoms with Crippen LogP contribution in [0.3, 0.4) is 0 Å². The Hall–Kier alpha value is -1.97. The van der Waals surface area contributed by atoms with Crippen LogP contribution in [0.5, 0.6) is 5.75 Å². The molecule has 1 spiro atoms.